The standard InChI is InChI=1S/C27H42O8/c1-22(2,31)9-8-20(29)25(5,32)19-7-11-26(33)16-12-18(28)17-13-27(34-35-27)21(30)14-23(17,3)15(16)6-10-24(19,26)4/h12,15,17,19-21,29-33H,6-11,13-14H2,1-5H3/t15-,17-,19-,20?,21-,23+,24+,25+,26-/m0/s1. The number of aliphatic hydroxyl groups excluding tert-OH is 2. The van der Waals surface area contributed by atoms with Crippen LogP contribution in [-0.2, 0) is 14.6 Å². The summed E-state index contributed by atoms with van der Waals surface area (Å²) in [6.07, 6.45) is 3.27. The minimum absolute atomic E-state index is 0.0674. The Bertz CT molecular complexity index is 932. The number of aliphatic hydroxyl groups is 5. The summed E-state index contributed by atoms with van der Waals surface area (Å²) in [5, 5.41) is 55.7. The molecule has 4 fully saturated rings. The second-order valence-corrected chi connectivity index (χ2v) is 13.5. The number of carbonyl (C=O) groups is 1. The van der Waals surface area contributed by atoms with E-state index in [1.54, 1.807) is 26.8 Å². The molecule has 5 N–H and O–H groups in total. The van der Waals surface area contributed by atoms with Crippen LogP contribution in [0.5, 0.6) is 0 Å². The lowest BCUT2D eigenvalue weighted by molar-refractivity contribution is -0.175. The Kier molecular flexibility index (Phi) is 5.59. The summed E-state index contributed by atoms with van der Waals surface area (Å²) >= 11 is 0. The van der Waals surface area contributed by atoms with E-state index in [9.17, 15) is 30.3 Å². The first-order valence-electron chi connectivity index (χ1n) is 13.2. The van der Waals surface area contributed by atoms with Crippen LogP contribution in [0.2, 0.25) is 0 Å². The molecule has 1 unspecified atom stereocenters. The zero-order chi connectivity index (χ0) is 25.8. The number of rotatable bonds is 5. The van der Waals surface area contributed by atoms with E-state index in [2.05, 4.69) is 0 Å². The Hall–Kier alpha value is -0.870. The summed E-state index contributed by atoms with van der Waals surface area (Å²) in [4.78, 5) is 23.6. The average Bonchev–Trinajstić information content (AvgIpc) is 3.46. The monoisotopic (exact) mass is 494 g/mol. The average molecular weight is 495 g/mol. The third kappa shape index (κ3) is 3.55. The van der Waals surface area contributed by atoms with Crippen LogP contribution in [-0.4, -0.2) is 66.1 Å². The highest BCUT2D eigenvalue weighted by atomic mass is 17.4. The molecule has 0 aromatic rings. The third-order valence-electron chi connectivity index (χ3n) is 10.9. The summed E-state index contributed by atoms with van der Waals surface area (Å²) in [7, 11) is 0. The lowest BCUT2D eigenvalue weighted by Gasteiger charge is -2.60. The Morgan fingerprint density at radius 2 is 1.74 bits per heavy atom. The number of fused-ring (bicyclic) bond motifs is 5. The molecule has 5 aliphatic rings. The van der Waals surface area contributed by atoms with Crippen molar-refractivity contribution in [2.24, 2.45) is 28.6 Å². The van der Waals surface area contributed by atoms with E-state index in [0.29, 0.717) is 38.5 Å². The zero-order valence-corrected chi connectivity index (χ0v) is 21.6. The SMILES string of the molecule is CC(C)(O)CCC(O)[C@](C)(O)[C@H]1CC[C@]2(O)C3=CC(=O)[C@@H]4CC5(OO5)[C@@H](O)C[C@]4(C)[C@H]3CC[C@]12C. The van der Waals surface area contributed by atoms with Gasteiger partial charge in [0.15, 0.2) is 5.78 Å². The van der Waals surface area contributed by atoms with Crippen molar-refractivity contribution in [3.8, 4) is 0 Å². The third-order valence-corrected chi connectivity index (χ3v) is 10.9. The lowest BCUT2D eigenvalue weighted by Crippen LogP contribution is -2.63. The first kappa shape index (κ1) is 25.8. The van der Waals surface area contributed by atoms with Crippen LogP contribution in [0, 0.1) is 28.6 Å². The van der Waals surface area contributed by atoms with Gasteiger partial charge in [0, 0.05) is 17.8 Å². The van der Waals surface area contributed by atoms with E-state index in [1.807, 2.05) is 13.8 Å². The van der Waals surface area contributed by atoms with Gasteiger partial charge in [0.1, 0.15) is 6.10 Å². The molecule has 5 rings (SSSR count). The van der Waals surface area contributed by atoms with Gasteiger partial charge in [-0.1, -0.05) is 13.8 Å². The number of allylic oxidation sites excluding steroid dienone is 1. The minimum Gasteiger partial charge on any atom is -0.390 e. The molecule has 9 atom stereocenters. The molecule has 1 saturated heterocycles. The first-order valence-corrected chi connectivity index (χ1v) is 13.2. The van der Waals surface area contributed by atoms with Crippen LogP contribution in [0.25, 0.3) is 0 Å². The van der Waals surface area contributed by atoms with Gasteiger partial charge in [-0.15, -0.1) is 0 Å². The van der Waals surface area contributed by atoms with Crippen LogP contribution in [0.3, 0.4) is 0 Å². The quantitative estimate of drug-likeness (QED) is 0.289. The van der Waals surface area contributed by atoms with Crippen molar-refractivity contribution < 1.29 is 40.1 Å². The van der Waals surface area contributed by atoms with Gasteiger partial charge in [-0.3, -0.25) is 4.79 Å². The molecule has 3 saturated carbocycles. The predicted octanol–water partition coefficient (Wildman–Crippen LogP) is 2.15. The molecule has 8 nitrogen and oxygen atoms in total. The summed E-state index contributed by atoms with van der Waals surface area (Å²) in [5.41, 5.74) is -4.22. The van der Waals surface area contributed by atoms with Crippen molar-refractivity contribution in [2.75, 3.05) is 0 Å². The van der Waals surface area contributed by atoms with Crippen molar-refractivity contribution in [2.45, 2.75) is 121 Å². The first-order chi connectivity index (χ1) is 16.0. The predicted molar refractivity (Wildman–Crippen MR) is 125 cm³/mol. The van der Waals surface area contributed by atoms with Gasteiger partial charge in [-0.25, -0.2) is 0 Å². The van der Waals surface area contributed by atoms with Crippen molar-refractivity contribution in [3.63, 3.8) is 0 Å². The summed E-state index contributed by atoms with van der Waals surface area (Å²) in [5.74, 6) is -1.94. The maximum absolute atomic E-state index is 13.4. The van der Waals surface area contributed by atoms with Crippen LogP contribution in [0.1, 0.15) is 86.0 Å². The Labute approximate surface area is 207 Å². The smallest absolute Gasteiger partial charge is 0.260 e. The van der Waals surface area contributed by atoms with Crippen LogP contribution in [0.4, 0.5) is 0 Å². The summed E-state index contributed by atoms with van der Waals surface area (Å²) in [6.45, 7) is 9.02. The van der Waals surface area contributed by atoms with Gasteiger partial charge in [-0.05, 0) is 94.6 Å². The molecule has 4 aliphatic carbocycles. The maximum Gasteiger partial charge on any atom is 0.260 e. The highest BCUT2D eigenvalue weighted by Gasteiger charge is 2.72. The van der Waals surface area contributed by atoms with Gasteiger partial charge in [0.05, 0.1) is 22.9 Å². The van der Waals surface area contributed by atoms with Crippen molar-refractivity contribution in [1.29, 1.82) is 0 Å². The van der Waals surface area contributed by atoms with E-state index < -0.39 is 45.6 Å². The zero-order valence-electron chi connectivity index (χ0n) is 21.6. The number of hydrogen-bond donors (Lipinski definition) is 5. The number of carbonyl (C=O) groups excluding carboxylic acids is 1. The van der Waals surface area contributed by atoms with Gasteiger partial charge >= 0.3 is 0 Å². The largest absolute Gasteiger partial charge is 0.390 e. The molecule has 8 heteroatoms. The summed E-state index contributed by atoms with van der Waals surface area (Å²) in [6, 6.07) is 0. The molecule has 0 bridgehead atoms. The molecular weight excluding hydrogens is 452 g/mol. The number of ketones is 1. The van der Waals surface area contributed by atoms with E-state index in [-0.39, 0.29) is 30.0 Å². The van der Waals surface area contributed by atoms with Gasteiger partial charge in [-0.2, -0.15) is 9.78 Å². The van der Waals surface area contributed by atoms with Crippen molar-refractivity contribution in [3.05, 3.63) is 11.6 Å². The van der Waals surface area contributed by atoms with Crippen molar-refractivity contribution >= 4 is 5.78 Å². The minimum atomic E-state index is -1.46. The van der Waals surface area contributed by atoms with Crippen LogP contribution in [0.15, 0.2) is 11.6 Å². The highest BCUT2D eigenvalue weighted by molar-refractivity contribution is 5.95. The van der Waals surface area contributed by atoms with Gasteiger partial charge in [0.2, 0.25) is 0 Å². The molecule has 1 spiro atoms. The molecule has 0 aromatic carbocycles. The van der Waals surface area contributed by atoms with Crippen LogP contribution >= 0.6 is 0 Å². The molecule has 1 aliphatic heterocycles. The van der Waals surface area contributed by atoms with Crippen LogP contribution < -0.4 is 0 Å². The van der Waals surface area contributed by atoms with Gasteiger partial charge < -0.3 is 25.5 Å². The molecule has 0 aromatic heterocycles. The van der Waals surface area contributed by atoms with E-state index in [0.717, 1.165) is 12.0 Å². The Balaban J connectivity index is 1.46. The fourth-order valence-corrected chi connectivity index (χ4v) is 8.51. The summed E-state index contributed by atoms with van der Waals surface area (Å²) < 4.78 is 0. The molecule has 1 heterocycles. The Morgan fingerprint density at radius 1 is 1.09 bits per heavy atom. The molecular formula is C27H42O8. The normalized spacial score (nSPS) is 46.8. The lowest BCUT2D eigenvalue weighted by atomic mass is 9.45. The van der Waals surface area contributed by atoms with Gasteiger partial charge in [0.25, 0.3) is 5.79 Å². The Morgan fingerprint density at radius 3 is 2.34 bits per heavy atom. The fourth-order valence-electron chi connectivity index (χ4n) is 8.51. The van der Waals surface area contributed by atoms with E-state index >= 15 is 0 Å². The number of hydrogen-bond acceptors (Lipinski definition) is 8. The molecule has 0 amide bonds. The second kappa shape index (κ2) is 7.59. The molecule has 198 valence electrons. The van der Waals surface area contributed by atoms with E-state index in [4.69, 9.17) is 9.78 Å². The maximum atomic E-state index is 13.4. The molecule has 0 radical (unpaired) electrons. The highest BCUT2D eigenvalue weighted by Crippen LogP contribution is 2.69. The van der Waals surface area contributed by atoms with E-state index in [1.165, 1.54) is 0 Å². The topological polar surface area (TPSA) is 143 Å². The second-order valence-electron chi connectivity index (χ2n) is 13.5. The van der Waals surface area contributed by atoms with Crippen molar-refractivity contribution in [1.82, 2.24) is 0 Å². The fraction of sp³-hybridized carbons (Fsp3) is 0.889. The molecule has 35 heavy (non-hydrogen) atoms.